The zero-order valence-corrected chi connectivity index (χ0v) is 19.4. The first-order valence-electron chi connectivity index (χ1n) is 10.6. The summed E-state index contributed by atoms with van der Waals surface area (Å²) in [5.74, 6) is -0.103. The van der Waals surface area contributed by atoms with Crippen molar-refractivity contribution in [2.24, 2.45) is 0 Å². The summed E-state index contributed by atoms with van der Waals surface area (Å²) in [5, 5.41) is 8.81. The van der Waals surface area contributed by atoms with Gasteiger partial charge in [0, 0.05) is 27.4 Å². The fourth-order valence-electron chi connectivity index (χ4n) is 4.21. The highest BCUT2D eigenvalue weighted by atomic mass is 32.2. The molecule has 0 aliphatic carbocycles. The minimum Gasteiger partial charge on any atom is -0.335 e. The van der Waals surface area contributed by atoms with Crippen LogP contribution in [0.15, 0.2) is 70.5 Å². The minimum atomic E-state index is -0.440. The van der Waals surface area contributed by atoms with Crippen LogP contribution < -0.4 is 10.9 Å². The summed E-state index contributed by atoms with van der Waals surface area (Å²) in [7, 11) is 0. The van der Waals surface area contributed by atoms with Gasteiger partial charge in [-0.05, 0) is 56.9 Å². The summed E-state index contributed by atoms with van der Waals surface area (Å²) >= 11 is 1.63. The lowest BCUT2D eigenvalue weighted by Gasteiger charge is -2.21. The normalized spacial score (nSPS) is 12.1. The largest absolute Gasteiger partial charge is 0.335 e. The molecule has 0 fully saturated rings. The number of nitrogens with one attached hydrogen (secondary N) is 1. The number of aromatic nitrogens is 3. The van der Waals surface area contributed by atoms with E-state index in [1.54, 1.807) is 18.0 Å². The van der Waals surface area contributed by atoms with E-state index >= 15 is 0 Å². The van der Waals surface area contributed by atoms with E-state index in [0.717, 1.165) is 27.4 Å². The standard InChI is InChI=1S/C25H26N4O2S/c1-5-22(24(30)27-18-10-9-13-20(14-18)32-4)28-16(2)21-15-26-29(19-11-7-6-8-12-19)25(31)23(21)17(28)3/h6-15,22H,5H2,1-4H3,(H,27,30)/t22-/m1/s1. The monoisotopic (exact) mass is 446 g/mol. The van der Waals surface area contributed by atoms with Crippen LogP contribution in [0.5, 0.6) is 0 Å². The lowest BCUT2D eigenvalue weighted by atomic mass is 10.2. The van der Waals surface area contributed by atoms with Crippen molar-refractivity contribution in [1.29, 1.82) is 0 Å². The van der Waals surface area contributed by atoms with Crippen LogP contribution in [0.4, 0.5) is 5.69 Å². The molecule has 32 heavy (non-hydrogen) atoms. The zero-order chi connectivity index (χ0) is 22.8. The molecule has 6 nitrogen and oxygen atoms in total. The van der Waals surface area contributed by atoms with Gasteiger partial charge in [-0.3, -0.25) is 9.59 Å². The number of carbonyl (C=O) groups is 1. The molecule has 1 amide bonds. The molecule has 7 heteroatoms. The van der Waals surface area contributed by atoms with Crippen molar-refractivity contribution in [2.75, 3.05) is 11.6 Å². The van der Waals surface area contributed by atoms with Gasteiger partial charge in [0.25, 0.3) is 5.56 Å². The van der Waals surface area contributed by atoms with Gasteiger partial charge in [-0.2, -0.15) is 9.78 Å². The first-order chi connectivity index (χ1) is 15.5. The van der Waals surface area contributed by atoms with Crippen LogP contribution in [0.3, 0.4) is 0 Å². The topological polar surface area (TPSA) is 68.9 Å². The van der Waals surface area contributed by atoms with Gasteiger partial charge >= 0.3 is 0 Å². The number of para-hydroxylation sites is 1. The van der Waals surface area contributed by atoms with Crippen LogP contribution in [-0.4, -0.2) is 26.5 Å². The summed E-state index contributed by atoms with van der Waals surface area (Å²) in [6.45, 7) is 5.82. The fourth-order valence-corrected chi connectivity index (χ4v) is 4.67. The molecule has 4 aromatic rings. The van der Waals surface area contributed by atoms with Gasteiger partial charge in [0.1, 0.15) is 6.04 Å². The third-order valence-corrected chi connectivity index (χ3v) is 6.52. The van der Waals surface area contributed by atoms with Crippen LogP contribution in [0, 0.1) is 13.8 Å². The highest BCUT2D eigenvalue weighted by Gasteiger charge is 2.26. The number of nitrogens with zero attached hydrogens (tertiary/aromatic N) is 3. The third kappa shape index (κ3) is 3.84. The Morgan fingerprint density at radius 3 is 2.53 bits per heavy atom. The number of amides is 1. The van der Waals surface area contributed by atoms with E-state index in [9.17, 15) is 9.59 Å². The quantitative estimate of drug-likeness (QED) is 0.418. The lowest BCUT2D eigenvalue weighted by molar-refractivity contribution is -0.119. The summed E-state index contributed by atoms with van der Waals surface area (Å²) in [4.78, 5) is 27.7. The van der Waals surface area contributed by atoms with Gasteiger partial charge in [-0.25, -0.2) is 0 Å². The lowest BCUT2D eigenvalue weighted by Crippen LogP contribution is -2.27. The first-order valence-corrected chi connectivity index (χ1v) is 11.8. The zero-order valence-electron chi connectivity index (χ0n) is 18.6. The number of anilines is 1. The van der Waals surface area contributed by atoms with E-state index < -0.39 is 6.04 Å². The number of thioether (sulfide) groups is 1. The van der Waals surface area contributed by atoms with Gasteiger partial charge < -0.3 is 9.88 Å². The SMILES string of the molecule is CC[C@H](C(=O)Nc1cccc(SC)c1)n1c(C)c2cnn(-c3ccccc3)c(=O)c2c1C. The first kappa shape index (κ1) is 21.9. The molecular weight excluding hydrogens is 420 g/mol. The highest BCUT2D eigenvalue weighted by Crippen LogP contribution is 2.29. The molecule has 1 atom stereocenters. The Morgan fingerprint density at radius 1 is 1.09 bits per heavy atom. The predicted octanol–water partition coefficient (Wildman–Crippen LogP) is 5.12. The molecule has 4 rings (SSSR count). The number of rotatable bonds is 6. The van der Waals surface area contributed by atoms with Crippen molar-refractivity contribution in [3.8, 4) is 5.69 Å². The summed E-state index contributed by atoms with van der Waals surface area (Å²) in [6.07, 6.45) is 4.32. The molecular formula is C25H26N4O2S. The minimum absolute atomic E-state index is 0.103. The Bertz CT molecular complexity index is 1340. The van der Waals surface area contributed by atoms with E-state index in [2.05, 4.69) is 10.4 Å². The molecule has 1 N–H and O–H groups in total. The molecule has 2 aromatic carbocycles. The highest BCUT2D eigenvalue weighted by molar-refractivity contribution is 7.98. The molecule has 0 radical (unpaired) electrons. The number of hydrogen-bond donors (Lipinski definition) is 1. The number of fused-ring (bicyclic) bond motifs is 1. The van der Waals surface area contributed by atoms with Gasteiger partial charge in [-0.15, -0.1) is 11.8 Å². The molecule has 0 unspecified atom stereocenters. The van der Waals surface area contributed by atoms with Crippen LogP contribution in [0.25, 0.3) is 16.5 Å². The maximum absolute atomic E-state index is 13.3. The van der Waals surface area contributed by atoms with Gasteiger partial charge in [0.15, 0.2) is 0 Å². The molecule has 0 saturated carbocycles. The second kappa shape index (κ2) is 9.04. The molecule has 0 aliphatic heterocycles. The molecule has 0 saturated heterocycles. The van der Waals surface area contributed by atoms with E-state index in [1.807, 2.05) is 86.2 Å². The Labute approximate surface area is 191 Å². The number of carbonyl (C=O) groups excluding carboxylic acids is 1. The van der Waals surface area contributed by atoms with Crippen LogP contribution in [0.1, 0.15) is 30.8 Å². The average Bonchev–Trinajstić information content (AvgIpc) is 3.06. The summed E-state index contributed by atoms with van der Waals surface area (Å²) in [5.41, 5.74) is 2.93. The Kier molecular flexibility index (Phi) is 6.19. The van der Waals surface area contributed by atoms with E-state index in [0.29, 0.717) is 17.5 Å². The molecule has 2 heterocycles. The second-order valence-corrected chi connectivity index (χ2v) is 8.55. The van der Waals surface area contributed by atoms with Crippen molar-refractivity contribution < 1.29 is 4.79 Å². The van der Waals surface area contributed by atoms with Crippen molar-refractivity contribution >= 4 is 34.1 Å². The van der Waals surface area contributed by atoms with E-state index in [1.165, 1.54) is 4.68 Å². The smallest absolute Gasteiger partial charge is 0.281 e. The van der Waals surface area contributed by atoms with Crippen LogP contribution in [0.2, 0.25) is 0 Å². The van der Waals surface area contributed by atoms with Gasteiger partial charge in [0.2, 0.25) is 5.91 Å². The molecule has 0 aliphatic rings. The van der Waals surface area contributed by atoms with Gasteiger partial charge in [-0.1, -0.05) is 31.2 Å². The Hall–Kier alpha value is -3.32. The molecule has 164 valence electrons. The van der Waals surface area contributed by atoms with Crippen molar-refractivity contribution in [3.05, 3.63) is 82.5 Å². The Balaban J connectivity index is 1.78. The van der Waals surface area contributed by atoms with E-state index in [-0.39, 0.29) is 11.5 Å². The average molecular weight is 447 g/mol. The Morgan fingerprint density at radius 2 is 1.84 bits per heavy atom. The van der Waals surface area contributed by atoms with Crippen LogP contribution >= 0.6 is 11.8 Å². The fraction of sp³-hybridized carbons (Fsp3) is 0.240. The van der Waals surface area contributed by atoms with Crippen molar-refractivity contribution in [2.45, 2.75) is 38.1 Å². The molecule has 0 spiro atoms. The summed E-state index contributed by atoms with van der Waals surface area (Å²) < 4.78 is 3.38. The summed E-state index contributed by atoms with van der Waals surface area (Å²) in [6, 6.07) is 16.7. The third-order valence-electron chi connectivity index (χ3n) is 5.79. The van der Waals surface area contributed by atoms with E-state index in [4.69, 9.17) is 0 Å². The van der Waals surface area contributed by atoms with Crippen LogP contribution in [-0.2, 0) is 4.79 Å². The molecule has 2 aromatic heterocycles. The number of benzene rings is 2. The number of hydrogen-bond acceptors (Lipinski definition) is 4. The second-order valence-electron chi connectivity index (χ2n) is 7.67. The van der Waals surface area contributed by atoms with Crippen molar-refractivity contribution in [3.63, 3.8) is 0 Å². The van der Waals surface area contributed by atoms with Gasteiger partial charge in [0.05, 0.1) is 17.3 Å². The maximum atomic E-state index is 13.3. The predicted molar refractivity (Wildman–Crippen MR) is 131 cm³/mol. The number of aryl methyl sites for hydroxylation is 2. The van der Waals surface area contributed by atoms with Crippen molar-refractivity contribution in [1.82, 2.24) is 14.3 Å². The maximum Gasteiger partial charge on any atom is 0.281 e. The molecule has 0 bridgehead atoms.